The summed E-state index contributed by atoms with van der Waals surface area (Å²) in [6.45, 7) is -0.117. The summed E-state index contributed by atoms with van der Waals surface area (Å²) in [7, 11) is 4.33. The van der Waals surface area contributed by atoms with Gasteiger partial charge < -0.3 is 30.0 Å². The van der Waals surface area contributed by atoms with Gasteiger partial charge in [-0.3, -0.25) is 9.59 Å². The SMILES string of the molecule is COc1cc(C(=O)NCC(=O)NCc2cccc(C(=O)O)c2)cc(OC)c1OC. The molecule has 0 spiro atoms. The molecular weight excluding hydrogens is 380 g/mol. The van der Waals surface area contributed by atoms with E-state index >= 15 is 0 Å². The number of aromatic carboxylic acids is 1. The van der Waals surface area contributed by atoms with E-state index in [2.05, 4.69) is 10.6 Å². The molecule has 2 amide bonds. The summed E-state index contributed by atoms with van der Waals surface area (Å²) < 4.78 is 15.6. The van der Waals surface area contributed by atoms with Crippen LogP contribution in [-0.4, -0.2) is 50.8 Å². The van der Waals surface area contributed by atoms with Crippen molar-refractivity contribution in [3.63, 3.8) is 0 Å². The molecule has 0 fully saturated rings. The minimum Gasteiger partial charge on any atom is -0.493 e. The Kier molecular flexibility index (Phi) is 7.41. The molecule has 9 heteroatoms. The van der Waals surface area contributed by atoms with Gasteiger partial charge in [-0.2, -0.15) is 0 Å². The lowest BCUT2D eigenvalue weighted by Gasteiger charge is -2.14. The van der Waals surface area contributed by atoms with E-state index < -0.39 is 17.8 Å². The summed E-state index contributed by atoms with van der Waals surface area (Å²) in [6.07, 6.45) is 0. The van der Waals surface area contributed by atoms with Crippen LogP contribution in [0.4, 0.5) is 0 Å². The zero-order valence-electron chi connectivity index (χ0n) is 16.3. The molecule has 0 aliphatic heterocycles. The van der Waals surface area contributed by atoms with Gasteiger partial charge in [-0.1, -0.05) is 12.1 Å². The summed E-state index contributed by atoms with van der Waals surface area (Å²) in [5.74, 6) is -0.970. The maximum absolute atomic E-state index is 12.4. The van der Waals surface area contributed by atoms with E-state index in [0.717, 1.165) is 0 Å². The average molecular weight is 402 g/mol. The van der Waals surface area contributed by atoms with Crippen molar-refractivity contribution in [3.05, 3.63) is 53.1 Å². The number of benzene rings is 2. The fourth-order valence-electron chi connectivity index (χ4n) is 2.55. The predicted octanol–water partition coefficient (Wildman–Crippen LogP) is 1.46. The average Bonchev–Trinajstić information content (AvgIpc) is 2.74. The molecule has 3 N–H and O–H groups in total. The van der Waals surface area contributed by atoms with Crippen LogP contribution in [0, 0.1) is 0 Å². The number of carboxylic acid groups (broad SMARTS) is 1. The zero-order valence-corrected chi connectivity index (χ0v) is 16.3. The number of carbonyl (C=O) groups is 3. The third-order valence-corrected chi connectivity index (χ3v) is 4.00. The van der Waals surface area contributed by atoms with Crippen LogP contribution in [0.15, 0.2) is 36.4 Å². The largest absolute Gasteiger partial charge is 0.493 e. The molecule has 0 unspecified atom stereocenters. The molecule has 0 bridgehead atoms. The molecule has 0 aliphatic rings. The van der Waals surface area contributed by atoms with Crippen molar-refractivity contribution >= 4 is 17.8 Å². The Bertz CT molecular complexity index is 886. The number of methoxy groups -OCH3 is 3. The molecule has 0 aliphatic carbocycles. The molecule has 0 atom stereocenters. The number of amides is 2. The Morgan fingerprint density at radius 2 is 1.55 bits per heavy atom. The molecule has 2 aromatic rings. The zero-order chi connectivity index (χ0) is 21.4. The first-order valence-electron chi connectivity index (χ1n) is 8.56. The first kappa shape index (κ1) is 21.5. The maximum atomic E-state index is 12.4. The van der Waals surface area contributed by atoms with Gasteiger partial charge in [0.2, 0.25) is 11.7 Å². The minimum atomic E-state index is -1.05. The number of ether oxygens (including phenoxy) is 3. The molecule has 154 valence electrons. The summed E-state index contributed by atoms with van der Waals surface area (Å²) in [6, 6.07) is 9.18. The van der Waals surface area contributed by atoms with Crippen molar-refractivity contribution in [1.29, 1.82) is 0 Å². The Hall–Kier alpha value is -3.75. The molecule has 0 saturated carbocycles. The predicted molar refractivity (Wildman–Crippen MR) is 104 cm³/mol. The summed E-state index contributed by atoms with van der Waals surface area (Å²) in [4.78, 5) is 35.4. The van der Waals surface area contributed by atoms with Gasteiger partial charge in [0, 0.05) is 12.1 Å². The van der Waals surface area contributed by atoms with Gasteiger partial charge >= 0.3 is 5.97 Å². The van der Waals surface area contributed by atoms with Crippen molar-refractivity contribution < 1.29 is 33.7 Å². The van der Waals surface area contributed by atoms with Gasteiger partial charge in [-0.15, -0.1) is 0 Å². The smallest absolute Gasteiger partial charge is 0.335 e. The molecule has 0 aromatic heterocycles. The minimum absolute atomic E-state index is 0.132. The van der Waals surface area contributed by atoms with E-state index in [0.29, 0.717) is 22.8 Å². The number of carboxylic acids is 1. The second-order valence-electron chi connectivity index (χ2n) is 5.88. The van der Waals surface area contributed by atoms with Gasteiger partial charge in [-0.05, 0) is 29.8 Å². The number of carbonyl (C=O) groups excluding carboxylic acids is 2. The van der Waals surface area contributed by atoms with Gasteiger partial charge in [0.1, 0.15) is 0 Å². The number of hydrogen-bond acceptors (Lipinski definition) is 6. The van der Waals surface area contributed by atoms with Crippen LogP contribution in [0.2, 0.25) is 0 Å². The summed E-state index contributed by atoms with van der Waals surface area (Å²) >= 11 is 0. The summed E-state index contributed by atoms with van der Waals surface area (Å²) in [5.41, 5.74) is 1.00. The highest BCUT2D eigenvalue weighted by Crippen LogP contribution is 2.38. The third kappa shape index (κ3) is 5.61. The molecule has 2 aromatic carbocycles. The number of nitrogens with one attached hydrogen (secondary N) is 2. The Labute approximate surface area is 167 Å². The molecule has 2 rings (SSSR count). The van der Waals surface area contributed by atoms with Crippen molar-refractivity contribution in [1.82, 2.24) is 10.6 Å². The number of hydrogen-bond donors (Lipinski definition) is 3. The second kappa shape index (κ2) is 9.98. The Morgan fingerprint density at radius 1 is 0.897 bits per heavy atom. The molecule has 0 heterocycles. The Morgan fingerprint density at radius 3 is 2.10 bits per heavy atom. The van der Waals surface area contributed by atoms with E-state index in [9.17, 15) is 14.4 Å². The van der Waals surface area contributed by atoms with Gasteiger partial charge in [-0.25, -0.2) is 4.79 Å². The van der Waals surface area contributed by atoms with Crippen LogP contribution < -0.4 is 24.8 Å². The fraction of sp³-hybridized carbons (Fsp3) is 0.250. The van der Waals surface area contributed by atoms with Crippen molar-refractivity contribution in [2.45, 2.75) is 6.54 Å². The van der Waals surface area contributed by atoms with Crippen LogP contribution in [-0.2, 0) is 11.3 Å². The maximum Gasteiger partial charge on any atom is 0.335 e. The monoisotopic (exact) mass is 402 g/mol. The molecule has 9 nitrogen and oxygen atoms in total. The highest BCUT2D eigenvalue weighted by atomic mass is 16.5. The highest BCUT2D eigenvalue weighted by molar-refractivity contribution is 5.97. The van der Waals surface area contributed by atoms with Crippen molar-refractivity contribution in [2.24, 2.45) is 0 Å². The van der Waals surface area contributed by atoms with Crippen LogP contribution >= 0.6 is 0 Å². The van der Waals surface area contributed by atoms with Crippen LogP contribution in [0.3, 0.4) is 0 Å². The highest BCUT2D eigenvalue weighted by Gasteiger charge is 2.17. The summed E-state index contributed by atoms with van der Waals surface area (Å²) in [5, 5.41) is 14.1. The molecule has 29 heavy (non-hydrogen) atoms. The molecular formula is C20H22N2O7. The third-order valence-electron chi connectivity index (χ3n) is 4.00. The van der Waals surface area contributed by atoms with E-state index in [-0.39, 0.29) is 24.2 Å². The topological polar surface area (TPSA) is 123 Å². The van der Waals surface area contributed by atoms with E-state index in [1.165, 1.54) is 45.6 Å². The van der Waals surface area contributed by atoms with Crippen molar-refractivity contribution in [3.8, 4) is 17.2 Å². The first-order chi connectivity index (χ1) is 13.9. The standard InChI is InChI=1S/C20H22N2O7/c1-27-15-8-14(9-16(28-2)18(15)29-3)19(24)22-11-17(23)21-10-12-5-4-6-13(7-12)20(25)26/h4-9H,10-11H2,1-3H3,(H,21,23)(H,22,24)(H,25,26). The normalized spacial score (nSPS) is 10.0. The quantitative estimate of drug-likeness (QED) is 0.580. The lowest BCUT2D eigenvalue weighted by Crippen LogP contribution is -2.36. The first-order valence-corrected chi connectivity index (χ1v) is 8.56. The fourth-order valence-corrected chi connectivity index (χ4v) is 2.55. The van der Waals surface area contributed by atoms with Crippen LogP contribution in [0.5, 0.6) is 17.2 Å². The van der Waals surface area contributed by atoms with E-state index in [1.807, 2.05) is 0 Å². The van der Waals surface area contributed by atoms with Crippen molar-refractivity contribution in [2.75, 3.05) is 27.9 Å². The van der Waals surface area contributed by atoms with Crippen LogP contribution in [0.1, 0.15) is 26.3 Å². The molecule has 0 radical (unpaired) electrons. The lowest BCUT2D eigenvalue weighted by molar-refractivity contribution is -0.120. The Balaban J connectivity index is 1.96. The van der Waals surface area contributed by atoms with Crippen LogP contribution in [0.25, 0.3) is 0 Å². The molecule has 0 saturated heterocycles. The second-order valence-corrected chi connectivity index (χ2v) is 5.88. The number of rotatable bonds is 9. The van der Waals surface area contributed by atoms with Gasteiger partial charge in [0.05, 0.1) is 33.4 Å². The van der Waals surface area contributed by atoms with Gasteiger partial charge in [0.25, 0.3) is 5.91 Å². The van der Waals surface area contributed by atoms with E-state index in [4.69, 9.17) is 19.3 Å². The lowest BCUT2D eigenvalue weighted by atomic mass is 10.1. The van der Waals surface area contributed by atoms with Gasteiger partial charge in [0.15, 0.2) is 11.5 Å². The van der Waals surface area contributed by atoms with E-state index in [1.54, 1.807) is 12.1 Å².